The molecule has 6 rings (SSSR count). The first-order valence-corrected chi connectivity index (χ1v) is 10.8. The van der Waals surface area contributed by atoms with Crippen LogP contribution in [0.2, 0.25) is 0 Å². The second kappa shape index (κ2) is 6.02. The van der Waals surface area contributed by atoms with Crippen LogP contribution in [-0.4, -0.2) is 13.2 Å². The van der Waals surface area contributed by atoms with Crippen LogP contribution in [0.3, 0.4) is 0 Å². The minimum Gasteiger partial charge on any atom is -0.486 e. The highest BCUT2D eigenvalue weighted by Crippen LogP contribution is 2.63. The van der Waals surface area contributed by atoms with E-state index in [1.54, 1.807) is 11.1 Å². The third-order valence-corrected chi connectivity index (χ3v) is 7.98. The topological polar surface area (TPSA) is 18.5 Å². The second-order valence-electron chi connectivity index (χ2n) is 9.23. The average Bonchev–Trinajstić information content (AvgIpc) is 3.36. The van der Waals surface area contributed by atoms with Crippen LogP contribution < -0.4 is 9.47 Å². The van der Waals surface area contributed by atoms with Crippen LogP contribution in [0.5, 0.6) is 11.5 Å². The lowest BCUT2D eigenvalue weighted by atomic mass is 9.60. The van der Waals surface area contributed by atoms with Crippen LogP contribution in [0.4, 0.5) is 0 Å². The van der Waals surface area contributed by atoms with Crippen LogP contribution in [0.1, 0.15) is 67.1 Å². The van der Waals surface area contributed by atoms with Gasteiger partial charge in [-0.25, -0.2) is 0 Å². The molecule has 2 aromatic carbocycles. The molecule has 0 radical (unpaired) electrons. The van der Waals surface area contributed by atoms with Crippen molar-refractivity contribution in [2.75, 3.05) is 13.2 Å². The smallest absolute Gasteiger partial charge is 0.161 e. The van der Waals surface area contributed by atoms with Crippen molar-refractivity contribution in [1.82, 2.24) is 0 Å². The lowest BCUT2D eigenvalue weighted by molar-refractivity contribution is 0.136. The molecule has 0 amide bonds. The summed E-state index contributed by atoms with van der Waals surface area (Å²) in [5.41, 5.74) is 5.32. The lowest BCUT2D eigenvalue weighted by Gasteiger charge is -2.44. The van der Waals surface area contributed by atoms with Crippen LogP contribution in [-0.2, 0) is 6.42 Å². The maximum Gasteiger partial charge on any atom is 0.161 e. The molecular formula is C25H28O2. The van der Waals surface area contributed by atoms with E-state index in [0.717, 1.165) is 23.3 Å². The first kappa shape index (κ1) is 16.0. The summed E-state index contributed by atoms with van der Waals surface area (Å²) in [6.07, 6.45) is 9.70. The molecule has 3 aliphatic carbocycles. The van der Waals surface area contributed by atoms with E-state index in [2.05, 4.69) is 42.5 Å². The lowest BCUT2D eigenvalue weighted by Crippen LogP contribution is -2.36. The molecule has 0 aromatic heterocycles. The molecule has 2 fully saturated rings. The summed E-state index contributed by atoms with van der Waals surface area (Å²) in [5, 5.41) is 0. The van der Waals surface area contributed by atoms with Crippen molar-refractivity contribution in [3.8, 4) is 11.5 Å². The SMILES string of the molecule is c1ccc2c(c1)CC1(CCCC1)C1CC(c3ccc4c(c3)OCCO4)C[C@@H]21. The van der Waals surface area contributed by atoms with Gasteiger partial charge in [-0.2, -0.15) is 0 Å². The highest BCUT2D eigenvalue weighted by molar-refractivity contribution is 5.46. The summed E-state index contributed by atoms with van der Waals surface area (Å²) >= 11 is 0. The van der Waals surface area contributed by atoms with Crippen LogP contribution in [0.15, 0.2) is 42.5 Å². The fourth-order valence-electron chi connectivity index (χ4n) is 6.84. The Labute approximate surface area is 161 Å². The zero-order valence-electron chi connectivity index (χ0n) is 16.0. The number of hydrogen-bond donors (Lipinski definition) is 0. The molecule has 0 N–H and O–H groups in total. The van der Waals surface area contributed by atoms with E-state index in [0.29, 0.717) is 24.5 Å². The summed E-state index contributed by atoms with van der Waals surface area (Å²) < 4.78 is 11.6. The quantitative estimate of drug-likeness (QED) is 0.635. The molecule has 2 saturated carbocycles. The zero-order chi connectivity index (χ0) is 17.8. The Morgan fingerprint density at radius 2 is 1.67 bits per heavy atom. The highest BCUT2D eigenvalue weighted by Gasteiger charge is 2.52. The van der Waals surface area contributed by atoms with Gasteiger partial charge < -0.3 is 9.47 Å². The van der Waals surface area contributed by atoms with Gasteiger partial charge in [0.15, 0.2) is 11.5 Å². The molecule has 140 valence electrons. The molecule has 27 heavy (non-hydrogen) atoms. The van der Waals surface area contributed by atoms with Gasteiger partial charge in [0.2, 0.25) is 0 Å². The Morgan fingerprint density at radius 3 is 2.56 bits per heavy atom. The maximum absolute atomic E-state index is 5.87. The molecule has 0 saturated heterocycles. The summed E-state index contributed by atoms with van der Waals surface area (Å²) in [5.74, 6) is 4.11. The standard InChI is InChI=1S/C25H28O2/c1-2-6-20-18(5-1)16-25(9-3-4-10-25)22-14-19(13-21(20)22)17-7-8-23-24(15-17)27-12-11-26-23/h1-2,5-8,15,19,21-22H,3-4,9-14,16H2/t19?,21-,22?/m0/s1. The Bertz CT molecular complexity index is 864. The number of rotatable bonds is 1. The van der Waals surface area contributed by atoms with E-state index in [4.69, 9.17) is 9.47 Å². The van der Waals surface area contributed by atoms with E-state index >= 15 is 0 Å². The molecule has 1 heterocycles. The molecule has 1 aliphatic heterocycles. The third kappa shape index (κ3) is 2.45. The van der Waals surface area contributed by atoms with Gasteiger partial charge in [-0.1, -0.05) is 43.2 Å². The average molecular weight is 360 g/mol. The van der Waals surface area contributed by atoms with Crippen LogP contribution in [0.25, 0.3) is 0 Å². The van der Waals surface area contributed by atoms with Gasteiger partial charge in [0, 0.05) is 0 Å². The first-order chi connectivity index (χ1) is 13.3. The largest absolute Gasteiger partial charge is 0.486 e. The Balaban J connectivity index is 1.37. The third-order valence-electron chi connectivity index (χ3n) is 7.98. The number of hydrogen-bond acceptors (Lipinski definition) is 2. The molecule has 1 spiro atoms. The number of fused-ring (bicyclic) bond motifs is 5. The fourth-order valence-corrected chi connectivity index (χ4v) is 6.84. The van der Waals surface area contributed by atoms with E-state index in [1.807, 2.05) is 0 Å². The van der Waals surface area contributed by atoms with Crippen LogP contribution in [0, 0.1) is 11.3 Å². The van der Waals surface area contributed by atoms with Crippen molar-refractivity contribution in [3.63, 3.8) is 0 Å². The Kier molecular flexibility index (Phi) is 3.58. The molecule has 2 unspecified atom stereocenters. The minimum atomic E-state index is 0.571. The molecule has 0 bridgehead atoms. The first-order valence-electron chi connectivity index (χ1n) is 10.8. The molecule has 2 nitrogen and oxygen atoms in total. The van der Waals surface area contributed by atoms with Crippen molar-refractivity contribution in [2.24, 2.45) is 11.3 Å². The predicted octanol–water partition coefficient (Wildman–Crippen LogP) is 5.85. The van der Waals surface area contributed by atoms with Crippen LogP contribution >= 0.6 is 0 Å². The van der Waals surface area contributed by atoms with E-state index < -0.39 is 0 Å². The summed E-state index contributed by atoms with van der Waals surface area (Å²) in [6, 6.07) is 16.0. The van der Waals surface area contributed by atoms with Gasteiger partial charge in [-0.3, -0.25) is 0 Å². The van der Waals surface area contributed by atoms with E-state index in [-0.39, 0.29) is 0 Å². The number of ether oxygens (including phenoxy) is 2. The summed E-state index contributed by atoms with van der Waals surface area (Å²) in [4.78, 5) is 0. The molecule has 2 aromatic rings. The van der Waals surface area contributed by atoms with Gasteiger partial charge in [0.25, 0.3) is 0 Å². The fraction of sp³-hybridized carbons (Fsp3) is 0.520. The zero-order valence-corrected chi connectivity index (χ0v) is 16.0. The normalized spacial score (nSPS) is 30.1. The Morgan fingerprint density at radius 1 is 0.852 bits per heavy atom. The van der Waals surface area contributed by atoms with Gasteiger partial charge in [-0.05, 0) is 84.1 Å². The molecular weight excluding hydrogens is 332 g/mol. The van der Waals surface area contributed by atoms with Gasteiger partial charge in [0.05, 0.1) is 0 Å². The van der Waals surface area contributed by atoms with Crippen molar-refractivity contribution in [3.05, 3.63) is 59.2 Å². The van der Waals surface area contributed by atoms with Gasteiger partial charge >= 0.3 is 0 Å². The Hall–Kier alpha value is -1.96. The highest BCUT2D eigenvalue weighted by atomic mass is 16.6. The minimum absolute atomic E-state index is 0.571. The monoisotopic (exact) mass is 360 g/mol. The maximum atomic E-state index is 5.87. The van der Waals surface area contributed by atoms with Crippen molar-refractivity contribution >= 4 is 0 Å². The predicted molar refractivity (Wildman–Crippen MR) is 107 cm³/mol. The second-order valence-corrected chi connectivity index (χ2v) is 9.23. The van der Waals surface area contributed by atoms with E-state index in [9.17, 15) is 0 Å². The summed E-state index contributed by atoms with van der Waals surface area (Å²) in [6.45, 7) is 1.34. The summed E-state index contributed by atoms with van der Waals surface area (Å²) in [7, 11) is 0. The van der Waals surface area contributed by atoms with Crippen molar-refractivity contribution < 1.29 is 9.47 Å². The van der Waals surface area contributed by atoms with Crippen molar-refractivity contribution in [2.45, 2.75) is 56.8 Å². The van der Waals surface area contributed by atoms with Crippen molar-refractivity contribution in [1.29, 1.82) is 0 Å². The molecule has 3 atom stereocenters. The van der Waals surface area contributed by atoms with Gasteiger partial charge in [-0.15, -0.1) is 0 Å². The number of benzene rings is 2. The molecule has 4 aliphatic rings. The molecule has 2 heteroatoms. The van der Waals surface area contributed by atoms with E-state index in [1.165, 1.54) is 50.5 Å². The van der Waals surface area contributed by atoms with Gasteiger partial charge in [0.1, 0.15) is 13.2 Å².